The van der Waals surface area contributed by atoms with E-state index >= 15 is 0 Å². The average molecular weight is 279 g/mol. The molecule has 0 spiro atoms. The largest absolute Gasteiger partial charge is 0.478 e. The molecule has 4 N–H and O–H groups in total. The summed E-state index contributed by atoms with van der Waals surface area (Å²) in [5, 5.41) is 17.5. The lowest BCUT2D eigenvalue weighted by molar-refractivity contribution is 0.0695. The van der Waals surface area contributed by atoms with Crippen LogP contribution in [0.25, 0.3) is 0 Å². The number of carbonyl (C=O) groups is 2. The maximum absolute atomic E-state index is 11.5. The fourth-order valence-electron chi connectivity index (χ4n) is 1.79. The second-order valence-electron chi connectivity index (χ2n) is 4.35. The summed E-state index contributed by atoms with van der Waals surface area (Å²) < 4.78 is 0. The lowest BCUT2D eigenvalue weighted by Gasteiger charge is -2.09. The van der Waals surface area contributed by atoms with Gasteiger partial charge in [-0.1, -0.05) is 18.2 Å². The van der Waals surface area contributed by atoms with Gasteiger partial charge in [0.2, 0.25) is 0 Å². The molecule has 0 saturated heterocycles. The summed E-state index contributed by atoms with van der Waals surface area (Å²) in [5.74, 6) is -0.947. The third-order valence-electron chi connectivity index (χ3n) is 2.82. The van der Waals surface area contributed by atoms with Crippen molar-refractivity contribution in [3.8, 4) is 0 Å². The molecule has 0 aromatic heterocycles. The molecule has 0 aliphatic heterocycles. The van der Waals surface area contributed by atoms with E-state index in [1.807, 2.05) is 7.05 Å². The van der Waals surface area contributed by atoms with Gasteiger partial charge >= 0.3 is 12.0 Å². The van der Waals surface area contributed by atoms with Crippen molar-refractivity contribution in [3.63, 3.8) is 0 Å². The number of aromatic carboxylic acids is 1. The molecule has 0 fully saturated rings. The molecule has 2 amide bonds. The number of amides is 2. The SMILES string of the molecule is CNCCCNC(=O)NCCc1ccccc1C(=O)O. The maximum Gasteiger partial charge on any atom is 0.335 e. The summed E-state index contributed by atoms with van der Waals surface area (Å²) in [5.41, 5.74) is 0.999. The van der Waals surface area contributed by atoms with Crippen molar-refractivity contribution in [2.24, 2.45) is 0 Å². The Labute approximate surface area is 118 Å². The van der Waals surface area contributed by atoms with E-state index in [0.717, 1.165) is 18.5 Å². The van der Waals surface area contributed by atoms with Crippen molar-refractivity contribution >= 4 is 12.0 Å². The van der Waals surface area contributed by atoms with E-state index in [0.29, 0.717) is 19.5 Å². The molecule has 0 heterocycles. The molecule has 1 aromatic rings. The van der Waals surface area contributed by atoms with Gasteiger partial charge in [-0.25, -0.2) is 9.59 Å². The number of hydrogen-bond donors (Lipinski definition) is 4. The van der Waals surface area contributed by atoms with Gasteiger partial charge in [-0.2, -0.15) is 0 Å². The molecule has 0 aliphatic carbocycles. The summed E-state index contributed by atoms with van der Waals surface area (Å²) >= 11 is 0. The Morgan fingerprint density at radius 1 is 1.10 bits per heavy atom. The zero-order chi connectivity index (χ0) is 14.8. The first-order valence-electron chi connectivity index (χ1n) is 6.62. The topological polar surface area (TPSA) is 90.5 Å². The second kappa shape index (κ2) is 8.92. The van der Waals surface area contributed by atoms with Crippen molar-refractivity contribution in [3.05, 3.63) is 35.4 Å². The van der Waals surface area contributed by atoms with Crippen LogP contribution in [0.3, 0.4) is 0 Å². The van der Waals surface area contributed by atoms with Crippen LogP contribution < -0.4 is 16.0 Å². The smallest absolute Gasteiger partial charge is 0.335 e. The Balaban J connectivity index is 2.30. The van der Waals surface area contributed by atoms with Gasteiger partial charge in [0.05, 0.1) is 5.56 Å². The van der Waals surface area contributed by atoms with E-state index in [9.17, 15) is 9.59 Å². The maximum atomic E-state index is 11.5. The Morgan fingerprint density at radius 2 is 1.80 bits per heavy atom. The van der Waals surface area contributed by atoms with E-state index in [2.05, 4.69) is 16.0 Å². The highest BCUT2D eigenvalue weighted by molar-refractivity contribution is 5.89. The third-order valence-corrected chi connectivity index (χ3v) is 2.82. The number of carboxylic acid groups (broad SMARTS) is 1. The second-order valence-corrected chi connectivity index (χ2v) is 4.35. The summed E-state index contributed by atoms with van der Waals surface area (Å²) in [6, 6.07) is 6.58. The average Bonchev–Trinajstić information content (AvgIpc) is 2.44. The van der Waals surface area contributed by atoms with Crippen LogP contribution in [0.2, 0.25) is 0 Å². The molecule has 0 atom stereocenters. The van der Waals surface area contributed by atoms with Crippen LogP contribution in [0.4, 0.5) is 4.79 Å². The fourth-order valence-corrected chi connectivity index (χ4v) is 1.79. The van der Waals surface area contributed by atoms with E-state index < -0.39 is 5.97 Å². The third kappa shape index (κ3) is 5.71. The molecule has 6 nitrogen and oxygen atoms in total. The predicted octanol–water partition coefficient (Wildman–Crippen LogP) is 0.836. The Morgan fingerprint density at radius 3 is 2.50 bits per heavy atom. The summed E-state index contributed by atoms with van der Waals surface area (Å²) in [7, 11) is 1.86. The van der Waals surface area contributed by atoms with Gasteiger partial charge in [0.15, 0.2) is 0 Å². The van der Waals surface area contributed by atoms with Gasteiger partial charge in [-0.05, 0) is 38.1 Å². The molecule has 6 heteroatoms. The molecular weight excluding hydrogens is 258 g/mol. The minimum absolute atomic E-state index is 0.228. The van der Waals surface area contributed by atoms with Crippen molar-refractivity contribution in [1.82, 2.24) is 16.0 Å². The molecule has 20 heavy (non-hydrogen) atoms. The molecule has 0 unspecified atom stereocenters. The van der Waals surface area contributed by atoms with Crippen LogP contribution in [0.15, 0.2) is 24.3 Å². The molecule has 0 saturated carbocycles. The normalized spacial score (nSPS) is 10.1. The Kier molecular flexibility index (Phi) is 7.13. The first-order chi connectivity index (χ1) is 9.65. The number of hydrogen-bond acceptors (Lipinski definition) is 3. The zero-order valence-electron chi connectivity index (χ0n) is 11.6. The Bertz CT molecular complexity index is 449. The van der Waals surface area contributed by atoms with Crippen molar-refractivity contribution in [1.29, 1.82) is 0 Å². The number of nitrogens with one attached hydrogen (secondary N) is 3. The molecular formula is C14H21N3O3. The quantitative estimate of drug-likeness (QED) is 0.531. The van der Waals surface area contributed by atoms with Gasteiger partial charge < -0.3 is 21.1 Å². The van der Waals surface area contributed by atoms with Crippen LogP contribution in [0.1, 0.15) is 22.3 Å². The minimum atomic E-state index is -0.947. The van der Waals surface area contributed by atoms with E-state index in [1.54, 1.807) is 24.3 Å². The summed E-state index contributed by atoms with van der Waals surface area (Å²) in [6.07, 6.45) is 1.36. The lowest BCUT2D eigenvalue weighted by Crippen LogP contribution is -2.37. The molecule has 110 valence electrons. The van der Waals surface area contributed by atoms with Crippen LogP contribution in [0.5, 0.6) is 0 Å². The molecule has 0 bridgehead atoms. The fraction of sp³-hybridized carbons (Fsp3) is 0.429. The van der Waals surface area contributed by atoms with Crippen LogP contribution in [-0.4, -0.2) is 43.8 Å². The number of benzene rings is 1. The lowest BCUT2D eigenvalue weighted by atomic mass is 10.0. The van der Waals surface area contributed by atoms with E-state index in [1.165, 1.54) is 0 Å². The summed E-state index contributed by atoms with van der Waals surface area (Å²) in [6.45, 7) is 1.87. The van der Waals surface area contributed by atoms with Gasteiger partial charge in [-0.15, -0.1) is 0 Å². The molecule has 1 rings (SSSR count). The van der Waals surface area contributed by atoms with Crippen molar-refractivity contribution < 1.29 is 14.7 Å². The number of carboxylic acids is 1. The van der Waals surface area contributed by atoms with Crippen LogP contribution in [-0.2, 0) is 6.42 Å². The first-order valence-corrected chi connectivity index (χ1v) is 6.62. The van der Waals surface area contributed by atoms with Gasteiger partial charge in [-0.3, -0.25) is 0 Å². The standard InChI is InChI=1S/C14H21N3O3/c1-15-8-4-9-16-14(20)17-10-7-11-5-2-3-6-12(11)13(18)19/h2-3,5-6,15H,4,7-10H2,1H3,(H,18,19)(H2,16,17,20). The van der Waals surface area contributed by atoms with E-state index in [-0.39, 0.29) is 11.6 Å². The van der Waals surface area contributed by atoms with Crippen molar-refractivity contribution in [2.75, 3.05) is 26.7 Å². The van der Waals surface area contributed by atoms with Crippen LogP contribution >= 0.6 is 0 Å². The van der Waals surface area contributed by atoms with Gasteiger partial charge in [0, 0.05) is 13.1 Å². The monoisotopic (exact) mass is 279 g/mol. The predicted molar refractivity (Wildman–Crippen MR) is 77.1 cm³/mol. The number of carbonyl (C=O) groups excluding carboxylic acids is 1. The molecule has 0 radical (unpaired) electrons. The first kappa shape index (κ1) is 16.0. The van der Waals surface area contributed by atoms with E-state index in [4.69, 9.17) is 5.11 Å². The number of rotatable bonds is 8. The minimum Gasteiger partial charge on any atom is -0.478 e. The van der Waals surface area contributed by atoms with Gasteiger partial charge in [0.1, 0.15) is 0 Å². The van der Waals surface area contributed by atoms with Crippen molar-refractivity contribution in [2.45, 2.75) is 12.8 Å². The van der Waals surface area contributed by atoms with Crippen LogP contribution in [0, 0.1) is 0 Å². The highest BCUT2D eigenvalue weighted by Gasteiger charge is 2.08. The van der Waals surface area contributed by atoms with Gasteiger partial charge in [0.25, 0.3) is 0 Å². The molecule has 1 aromatic carbocycles. The zero-order valence-corrected chi connectivity index (χ0v) is 11.6. The molecule has 0 aliphatic rings. The highest BCUT2D eigenvalue weighted by Crippen LogP contribution is 2.08. The highest BCUT2D eigenvalue weighted by atomic mass is 16.4. The Hall–Kier alpha value is -2.08. The number of urea groups is 1. The summed E-state index contributed by atoms with van der Waals surface area (Å²) in [4.78, 5) is 22.5.